The van der Waals surface area contributed by atoms with E-state index in [4.69, 9.17) is 14.2 Å². The fourth-order valence-electron chi connectivity index (χ4n) is 2.59. The highest BCUT2D eigenvalue weighted by atomic mass is 16.5. The van der Waals surface area contributed by atoms with Gasteiger partial charge in [-0.1, -0.05) is 0 Å². The summed E-state index contributed by atoms with van der Waals surface area (Å²) in [4.78, 5) is 18.9. The summed E-state index contributed by atoms with van der Waals surface area (Å²) in [6.45, 7) is 16.2. The Balaban J connectivity index is 2.02. The number of carbonyl (C=O) groups excluding carboxylic acids is 1. The Hall–Kier alpha value is -0.730. The first-order valence-electron chi connectivity index (χ1n) is 9.87. The monoisotopic (exact) mass is 373 g/mol. The number of likely N-dealkylation sites (N-methyl/N-ethyl adjacent to an activating group) is 1. The van der Waals surface area contributed by atoms with Gasteiger partial charge in [-0.2, -0.15) is 0 Å². The first-order chi connectivity index (χ1) is 12.4. The third-order valence-electron chi connectivity index (χ3n) is 4.65. The van der Waals surface area contributed by atoms with Crippen molar-refractivity contribution in [1.29, 1.82) is 0 Å². The van der Waals surface area contributed by atoms with Crippen molar-refractivity contribution < 1.29 is 19.0 Å². The second-order valence-corrected chi connectivity index (χ2v) is 7.38. The van der Waals surface area contributed by atoms with E-state index in [1.54, 1.807) is 0 Å². The fourth-order valence-corrected chi connectivity index (χ4v) is 2.59. The SMILES string of the molecule is CC(C)OCCOCCOCC(=O)N1CCN(CCN(C)C(C)C)CC1. The molecule has 0 aliphatic carbocycles. The van der Waals surface area contributed by atoms with Crippen LogP contribution in [0.3, 0.4) is 0 Å². The lowest BCUT2D eigenvalue weighted by atomic mass is 10.3. The topological polar surface area (TPSA) is 54.5 Å². The van der Waals surface area contributed by atoms with Crippen LogP contribution in [0.15, 0.2) is 0 Å². The molecule has 0 N–H and O–H groups in total. The van der Waals surface area contributed by atoms with Crippen LogP contribution >= 0.6 is 0 Å². The maximum atomic E-state index is 12.2. The van der Waals surface area contributed by atoms with Crippen LogP contribution in [0, 0.1) is 0 Å². The van der Waals surface area contributed by atoms with Crippen LogP contribution in [0.25, 0.3) is 0 Å². The molecule has 0 aromatic rings. The van der Waals surface area contributed by atoms with Crippen LogP contribution in [0.4, 0.5) is 0 Å². The fraction of sp³-hybridized carbons (Fsp3) is 0.947. The molecule has 1 fully saturated rings. The molecule has 0 unspecified atom stereocenters. The van der Waals surface area contributed by atoms with Gasteiger partial charge in [0, 0.05) is 45.3 Å². The number of piperazine rings is 1. The molecule has 1 saturated heterocycles. The summed E-state index contributed by atoms with van der Waals surface area (Å²) in [5.74, 6) is 0.0760. The molecular weight excluding hydrogens is 334 g/mol. The van der Waals surface area contributed by atoms with E-state index in [2.05, 4.69) is 30.7 Å². The smallest absolute Gasteiger partial charge is 0.248 e. The number of hydrogen-bond donors (Lipinski definition) is 0. The molecule has 0 radical (unpaired) electrons. The van der Waals surface area contributed by atoms with E-state index in [0.29, 0.717) is 32.5 Å². The molecule has 7 heteroatoms. The van der Waals surface area contributed by atoms with Crippen molar-refractivity contribution in [3.8, 4) is 0 Å². The van der Waals surface area contributed by atoms with Gasteiger partial charge in [0.1, 0.15) is 6.61 Å². The minimum atomic E-state index is 0.0760. The summed E-state index contributed by atoms with van der Waals surface area (Å²) in [5.41, 5.74) is 0. The van der Waals surface area contributed by atoms with Gasteiger partial charge in [0.25, 0.3) is 0 Å². The quantitative estimate of drug-likeness (QED) is 0.448. The van der Waals surface area contributed by atoms with Crippen LogP contribution in [0.5, 0.6) is 0 Å². The Morgan fingerprint density at radius 1 is 0.962 bits per heavy atom. The second kappa shape index (κ2) is 13.4. The maximum absolute atomic E-state index is 12.2. The largest absolute Gasteiger partial charge is 0.377 e. The highest BCUT2D eigenvalue weighted by molar-refractivity contribution is 5.77. The van der Waals surface area contributed by atoms with Crippen LogP contribution in [-0.4, -0.2) is 112 Å². The molecular formula is C19H39N3O4. The first-order valence-corrected chi connectivity index (χ1v) is 9.87. The summed E-state index contributed by atoms with van der Waals surface area (Å²) in [6.07, 6.45) is 0.226. The molecule has 154 valence electrons. The summed E-state index contributed by atoms with van der Waals surface area (Å²) in [5, 5.41) is 0. The Labute approximate surface area is 159 Å². The zero-order valence-corrected chi connectivity index (χ0v) is 17.4. The van der Waals surface area contributed by atoms with Gasteiger partial charge in [0.05, 0.1) is 32.5 Å². The number of ether oxygens (including phenoxy) is 3. The highest BCUT2D eigenvalue weighted by Crippen LogP contribution is 2.03. The van der Waals surface area contributed by atoms with Crippen molar-refractivity contribution in [2.45, 2.75) is 39.8 Å². The average molecular weight is 374 g/mol. The van der Waals surface area contributed by atoms with Crippen molar-refractivity contribution in [2.75, 3.05) is 79.4 Å². The number of nitrogens with zero attached hydrogens (tertiary/aromatic N) is 3. The van der Waals surface area contributed by atoms with E-state index in [9.17, 15) is 4.79 Å². The van der Waals surface area contributed by atoms with Crippen LogP contribution in [0.2, 0.25) is 0 Å². The number of amides is 1. The van der Waals surface area contributed by atoms with E-state index < -0.39 is 0 Å². The molecule has 1 rings (SSSR count). The lowest BCUT2D eigenvalue weighted by Gasteiger charge is -2.35. The van der Waals surface area contributed by atoms with Crippen molar-refractivity contribution in [3.63, 3.8) is 0 Å². The van der Waals surface area contributed by atoms with Crippen molar-refractivity contribution in [1.82, 2.24) is 14.7 Å². The van der Waals surface area contributed by atoms with Crippen LogP contribution in [-0.2, 0) is 19.0 Å². The maximum Gasteiger partial charge on any atom is 0.248 e. The number of carbonyl (C=O) groups is 1. The van der Waals surface area contributed by atoms with E-state index >= 15 is 0 Å². The Bertz CT molecular complexity index is 372. The lowest BCUT2D eigenvalue weighted by molar-refractivity contribution is -0.138. The highest BCUT2D eigenvalue weighted by Gasteiger charge is 2.21. The zero-order valence-electron chi connectivity index (χ0n) is 17.4. The molecule has 1 aliphatic rings. The minimum absolute atomic E-state index is 0.0760. The van der Waals surface area contributed by atoms with Gasteiger partial charge in [0.15, 0.2) is 0 Å². The van der Waals surface area contributed by atoms with Crippen molar-refractivity contribution in [3.05, 3.63) is 0 Å². The van der Waals surface area contributed by atoms with Gasteiger partial charge >= 0.3 is 0 Å². The molecule has 26 heavy (non-hydrogen) atoms. The van der Waals surface area contributed by atoms with Gasteiger partial charge in [-0.3, -0.25) is 9.69 Å². The molecule has 0 saturated carbocycles. The first kappa shape index (κ1) is 23.3. The molecule has 0 atom stereocenters. The van der Waals surface area contributed by atoms with Gasteiger partial charge in [0.2, 0.25) is 5.91 Å². The van der Waals surface area contributed by atoms with Crippen molar-refractivity contribution >= 4 is 5.91 Å². The number of rotatable bonds is 13. The average Bonchev–Trinajstić information content (AvgIpc) is 2.61. The summed E-state index contributed by atoms with van der Waals surface area (Å²) in [6, 6.07) is 0.571. The molecule has 0 bridgehead atoms. The molecule has 1 amide bonds. The molecule has 0 spiro atoms. The lowest BCUT2D eigenvalue weighted by Crippen LogP contribution is -2.51. The summed E-state index contributed by atoms with van der Waals surface area (Å²) >= 11 is 0. The van der Waals surface area contributed by atoms with Gasteiger partial charge < -0.3 is 24.0 Å². The standard InChI is InChI=1S/C19H39N3O4/c1-17(2)20(5)6-7-21-8-10-22(11-9-21)19(23)16-25-13-12-24-14-15-26-18(3)4/h17-18H,6-16H2,1-5H3. The second-order valence-electron chi connectivity index (χ2n) is 7.38. The van der Waals surface area contributed by atoms with E-state index in [0.717, 1.165) is 39.3 Å². The Kier molecular flexibility index (Phi) is 12.0. The predicted octanol–water partition coefficient (Wildman–Crippen LogP) is 0.929. The molecule has 1 heterocycles. The molecule has 0 aromatic heterocycles. The predicted molar refractivity (Wildman–Crippen MR) is 104 cm³/mol. The Morgan fingerprint density at radius 3 is 2.19 bits per heavy atom. The third kappa shape index (κ3) is 10.4. The van der Waals surface area contributed by atoms with Crippen LogP contribution < -0.4 is 0 Å². The summed E-state index contributed by atoms with van der Waals surface area (Å²) < 4.78 is 16.2. The zero-order chi connectivity index (χ0) is 19.4. The summed E-state index contributed by atoms with van der Waals surface area (Å²) in [7, 11) is 2.16. The molecule has 7 nitrogen and oxygen atoms in total. The number of hydrogen-bond acceptors (Lipinski definition) is 6. The van der Waals surface area contributed by atoms with Gasteiger partial charge in [-0.15, -0.1) is 0 Å². The Morgan fingerprint density at radius 2 is 1.58 bits per heavy atom. The van der Waals surface area contributed by atoms with E-state index in [1.807, 2.05) is 18.7 Å². The van der Waals surface area contributed by atoms with Crippen molar-refractivity contribution in [2.24, 2.45) is 0 Å². The van der Waals surface area contributed by atoms with Crippen LogP contribution in [0.1, 0.15) is 27.7 Å². The van der Waals surface area contributed by atoms with E-state index in [-0.39, 0.29) is 18.6 Å². The molecule has 1 aliphatic heterocycles. The normalized spacial score (nSPS) is 16.2. The minimum Gasteiger partial charge on any atom is -0.377 e. The molecule has 0 aromatic carbocycles. The van der Waals surface area contributed by atoms with E-state index in [1.165, 1.54) is 0 Å². The third-order valence-corrected chi connectivity index (χ3v) is 4.65. The van der Waals surface area contributed by atoms with Gasteiger partial charge in [-0.25, -0.2) is 0 Å². The van der Waals surface area contributed by atoms with Gasteiger partial charge in [-0.05, 0) is 34.7 Å².